The standard InChI is InChI=1S/C13H29N9O3/c1-8(21-12(24)17-2)6-20-13(25)22-9(7-19-11(16)23)4-3-5-18-10(14)15/h8-9H,3-7H2,1-2H3,(H4,14,15,18)(H3,16,19,23)(H2,17,21,24)(H2,20,22,25)/t8?,9-/m0/s1. The second kappa shape index (κ2) is 12.5. The molecule has 6 amide bonds. The summed E-state index contributed by atoms with van der Waals surface area (Å²) in [4.78, 5) is 37.8. The van der Waals surface area contributed by atoms with Crippen molar-refractivity contribution >= 4 is 24.1 Å². The van der Waals surface area contributed by atoms with Gasteiger partial charge >= 0.3 is 18.1 Å². The molecule has 0 aromatic carbocycles. The fourth-order valence-electron chi connectivity index (χ4n) is 1.82. The Kier molecular flexibility index (Phi) is 11.0. The second-order valence-corrected chi connectivity index (χ2v) is 5.37. The predicted molar refractivity (Wildman–Crippen MR) is 94.9 cm³/mol. The summed E-state index contributed by atoms with van der Waals surface area (Å²) in [6, 6.07) is -2.04. The van der Waals surface area contributed by atoms with Gasteiger partial charge in [-0.1, -0.05) is 0 Å². The van der Waals surface area contributed by atoms with E-state index in [0.29, 0.717) is 19.4 Å². The maximum Gasteiger partial charge on any atom is 0.315 e. The molecule has 0 spiro atoms. The highest BCUT2D eigenvalue weighted by Gasteiger charge is 2.14. The first kappa shape index (κ1) is 22.1. The summed E-state index contributed by atoms with van der Waals surface area (Å²) < 4.78 is 0. The van der Waals surface area contributed by atoms with Crippen LogP contribution in [0.1, 0.15) is 19.8 Å². The molecule has 2 atom stereocenters. The molecule has 144 valence electrons. The zero-order valence-corrected chi connectivity index (χ0v) is 14.6. The lowest BCUT2D eigenvalue weighted by Crippen LogP contribution is -2.51. The summed E-state index contributed by atoms with van der Waals surface area (Å²) in [6.07, 6.45) is 1.15. The second-order valence-electron chi connectivity index (χ2n) is 5.37. The van der Waals surface area contributed by atoms with Crippen LogP contribution in [-0.4, -0.2) is 62.8 Å². The number of guanidine groups is 1. The molecule has 0 aliphatic rings. The first-order chi connectivity index (χ1) is 11.7. The zero-order chi connectivity index (χ0) is 19.2. The number of aliphatic imine (C=N–C) groups is 1. The monoisotopic (exact) mass is 359 g/mol. The van der Waals surface area contributed by atoms with Crippen molar-refractivity contribution in [2.45, 2.75) is 31.8 Å². The fourth-order valence-corrected chi connectivity index (χ4v) is 1.82. The molecular weight excluding hydrogens is 330 g/mol. The van der Waals surface area contributed by atoms with Crippen LogP contribution in [-0.2, 0) is 0 Å². The molecule has 0 bridgehead atoms. The lowest BCUT2D eigenvalue weighted by Gasteiger charge is -2.20. The van der Waals surface area contributed by atoms with Crippen LogP contribution in [0.25, 0.3) is 0 Å². The first-order valence-corrected chi connectivity index (χ1v) is 7.85. The lowest BCUT2D eigenvalue weighted by atomic mass is 10.1. The maximum atomic E-state index is 11.9. The van der Waals surface area contributed by atoms with Gasteiger partial charge in [-0.05, 0) is 19.8 Å². The SMILES string of the molecule is CNC(=O)NC(C)CNC(=O)N[C@@H](CCCN=C(N)N)CNC(N)=O. The Morgan fingerprint density at radius 3 is 2.24 bits per heavy atom. The van der Waals surface area contributed by atoms with Gasteiger partial charge in [-0.15, -0.1) is 0 Å². The van der Waals surface area contributed by atoms with E-state index in [1.54, 1.807) is 6.92 Å². The van der Waals surface area contributed by atoms with Crippen molar-refractivity contribution in [3.63, 3.8) is 0 Å². The molecule has 12 heteroatoms. The molecule has 0 heterocycles. The van der Waals surface area contributed by atoms with Gasteiger partial charge in [-0.3, -0.25) is 4.99 Å². The van der Waals surface area contributed by atoms with Crippen molar-refractivity contribution in [2.24, 2.45) is 22.2 Å². The van der Waals surface area contributed by atoms with Gasteiger partial charge in [0.05, 0.1) is 0 Å². The minimum absolute atomic E-state index is 0.00452. The minimum atomic E-state index is -0.681. The normalized spacial score (nSPS) is 12.2. The van der Waals surface area contributed by atoms with Crippen molar-refractivity contribution in [3.05, 3.63) is 0 Å². The Hall–Kier alpha value is -2.92. The van der Waals surface area contributed by atoms with E-state index in [0.717, 1.165) is 0 Å². The number of nitrogens with two attached hydrogens (primary N) is 3. The molecule has 0 rings (SSSR count). The predicted octanol–water partition coefficient (Wildman–Crippen LogP) is -2.31. The number of carbonyl (C=O) groups excluding carboxylic acids is 3. The Morgan fingerprint density at radius 2 is 1.68 bits per heavy atom. The van der Waals surface area contributed by atoms with Gasteiger partial charge in [-0.2, -0.15) is 0 Å². The summed E-state index contributed by atoms with van der Waals surface area (Å²) in [6.45, 7) is 2.57. The number of rotatable bonds is 10. The van der Waals surface area contributed by atoms with Crippen molar-refractivity contribution in [1.82, 2.24) is 26.6 Å². The number of amides is 6. The minimum Gasteiger partial charge on any atom is -0.370 e. The summed E-state index contributed by atoms with van der Waals surface area (Å²) in [5, 5.41) is 12.9. The molecule has 11 N–H and O–H groups in total. The Labute approximate surface area is 146 Å². The zero-order valence-electron chi connectivity index (χ0n) is 14.6. The van der Waals surface area contributed by atoms with Crippen LogP contribution in [0.3, 0.4) is 0 Å². The number of nitrogens with zero attached hydrogens (tertiary/aromatic N) is 1. The Balaban J connectivity index is 4.31. The van der Waals surface area contributed by atoms with Gasteiger partial charge < -0.3 is 43.8 Å². The van der Waals surface area contributed by atoms with E-state index in [1.807, 2.05) is 0 Å². The molecule has 0 aliphatic carbocycles. The summed E-state index contributed by atoms with van der Waals surface area (Å²) in [7, 11) is 1.50. The van der Waals surface area contributed by atoms with E-state index < -0.39 is 12.1 Å². The van der Waals surface area contributed by atoms with Gasteiger partial charge in [0.1, 0.15) is 0 Å². The molecule has 0 fully saturated rings. The van der Waals surface area contributed by atoms with E-state index in [1.165, 1.54) is 7.05 Å². The van der Waals surface area contributed by atoms with E-state index in [2.05, 4.69) is 31.6 Å². The van der Waals surface area contributed by atoms with E-state index in [9.17, 15) is 14.4 Å². The lowest BCUT2D eigenvalue weighted by molar-refractivity contribution is 0.229. The molecule has 0 saturated carbocycles. The Bertz CT molecular complexity index is 466. The highest BCUT2D eigenvalue weighted by atomic mass is 16.2. The fraction of sp³-hybridized carbons (Fsp3) is 0.692. The highest BCUT2D eigenvalue weighted by molar-refractivity contribution is 5.76. The van der Waals surface area contributed by atoms with Gasteiger partial charge in [-0.25, -0.2) is 14.4 Å². The van der Waals surface area contributed by atoms with Crippen LogP contribution >= 0.6 is 0 Å². The molecule has 12 nitrogen and oxygen atoms in total. The summed E-state index contributed by atoms with van der Waals surface area (Å²) in [5.74, 6) is -0.00452. The average molecular weight is 359 g/mol. The quantitative estimate of drug-likeness (QED) is 0.123. The average Bonchev–Trinajstić information content (AvgIpc) is 2.53. The molecule has 0 saturated heterocycles. The molecule has 0 aliphatic heterocycles. The Morgan fingerprint density at radius 1 is 1.00 bits per heavy atom. The van der Waals surface area contributed by atoms with Crippen LogP contribution in [0.2, 0.25) is 0 Å². The van der Waals surface area contributed by atoms with E-state index in [4.69, 9.17) is 17.2 Å². The molecule has 0 radical (unpaired) electrons. The molecule has 25 heavy (non-hydrogen) atoms. The largest absolute Gasteiger partial charge is 0.370 e. The molecule has 0 aromatic heterocycles. The summed E-state index contributed by atoms with van der Waals surface area (Å²) >= 11 is 0. The van der Waals surface area contributed by atoms with Crippen LogP contribution in [0.4, 0.5) is 14.4 Å². The maximum absolute atomic E-state index is 11.9. The van der Waals surface area contributed by atoms with Gasteiger partial charge in [0.2, 0.25) is 0 Å². The first-order valence-electron chi connectivity index (χ1n) is 7.85. The van der Waals surface area contributed by atoms with Crippen molar-refractivity contribution in [3.8, 4) is 0 Å². The molecule has 0 aromatic rings. The van der Waals surface area contributed by atoms with Crippen LogP contribution in [0.15, 0.2) is 4.99 Å². The van der Waals surface area contributed by atoms with Crippen molar-refractivity contribution in [2.75, 3.05) is 26.7 Å². The number of hydrogen-bond acceptors (Lipinski definition) is 4. The third-order valence-corrected chi connectivity index (χ3v) is 3.04. The van der Waals surface area contributed by atoms with Gasteiger partial charge in [0.15, 0.2) is 5.96 Å². The number of hydrogen-bond donors (Lipinski definition) is 8. The third kappa shape index (κ3) is 13.2. The summed E-state index contributed by atoms with van der Waals surface area (Å²) in [5.41, 5.74) is 15.5. The van der Waals surface area contributed by atoms with Crippen molar-refractivity contribution < 1.29 is 14.4 Å². The van der Waals surface area contributed by atoms with Crippen LogP contribution in [0.5, 0.6) is 0 Å². The van der Waals surface area contributed by atoms with Gasteiger partial charge in [0.25, 0.3) is 0 Å². The number of carbonyl (C=O) groups is 3. The number of urea groups is 3. The third-order valence-electron chi connectivity index (χ3n) is 3.04. The molecule has 1 unspecified atom stereocenters. The highest BCUT2D eigenvalue weighted by Crippen LogP contribution is 1.97. The van der Waals surface area contributed by atoms with Crippen molar-refractivity contribution in [1.29, 1.82) is 0 Å². The van der Waals surface area contributed by atoms with E-state index >= 15 is 0 Å². The number of nitrogens with one attached hydrogen (secondary N) is 5. The number of primary amides is 1. The topological polar surface area (TPSA) is 202 Å². The van der Waals surface area contributed by atoms with Gasteiger partial charge in [0, 0.05) is 38.8 Å². The van der Waals surface area contributed by atoms with Crippen LogP contribution in [0, 0.1) is 0 Å². The molecular formula is C13H29N9O3. The smallest absolute Gasteiger partial charge is 0.315 e. The van der Waals surface area contributed by atoms with E-state index in [-0.39, 0.29) is 37.2 Å². The van der Waals surface area contributed by atoms with Crippen LogP contribution < -0.4 is 43.8 Å².